The van der Waals surface area contributed by atoms with Gasteiger partial charge in [0.25, 0.3) is 5.95 Å². The minimum atomic E-state index is -0.544. The zero-order valence-electron chi connectivity index (χ0n) is 12.3. The third kappa shape index (κ3) is 3.66. The van der Waals surface area contributed by atoms with E-state index in [1.54, 1.807) is 0 Å². The van der Waals surface area contributed by atoms with Crippen molar-refractivity contribution in [1.29, 1.82) is 0 Å². The van der Waals surface area contributed by atoms with E-state index >= 15 is 0 Å². The predicted octanol–water partition coefficient (Wildman–Crippen LogP) is 2.52. The van der Waals surface area contributed by atoms with Gasteiger partial charge in [-0.3, -0.25) is 4.79 Å². The summed E-state index contributed by atoms with van der Waals surface area (Å²) >= 11 is 5.91. The number of hydrogen-bond donors (Lipinski definition) is 2. The van der Waals surface area contributed by atoms with Crippen LogP contribution in [0.4, 0.5) is 16.0 Å². The summed E-state index contributed by atoms with van der Waals surface area (Å²) in [6.45, 7) is 0. The van der Waals surface area contributed by atoms with Crippen molar-refractivity contribution in [3.63, 3.8) is 0 Å². The van der Waals surface area contributed by atoms with Gasteiger partial charge in [0, 0.05) is 16.3 Å². The number of amides is 1. The van der Waals surface area contributed by atoms with Crippen LogP contribution < -0.4 is 10.7 Å². The van der Waals surface area contributed by atoms with Gasteiger partial charge in [-0.05, 0) is 34.7 Å². The lowest BCUT2D eigenvalue weighted by atomic mass is 10.1. The smallest absolute Gasteiger partial charge is 0.267 e. The number of aromatic nitrogens is 4. The van der Waals surface area contributed by atoms with Gasteiger partial charge in [0.2, 0.25) is 5.91 Å². The summed E-state index contributed by atoms with van der Waals surface area (Å²) in [5.74, 6) is -0.836. The molecule has 1 aromatic heterocycles. The molecule has 2 N–H and O–H groups in total. The average Bonchev–Trinajstić information content (AvgIpc) is 2.99. The summed E-state index contributed by atoms with van der Waals surface area (Å²) in [4.78, 5) is 13.2. The van der Waals surface area contributed by atoms with Crippen LogP contribution >= 0.6 is 11.6 Å². The number of hydrogen-bond acceptors (Lipinski definition) is 5. The number of anilines is 2. The van der Waals surface area contributed by atoms with E-state index < -0.39 is 11.7 Å². The first-order chi connectivity index (χ1) is 11.6. The first kappa shape index (κ1) is 15.9. The van der Waals surface area contributed by atoms with Gasteiger partial charge >= 0.3 is 0 Å². The van der Waals surface area contributed by atoms with Crippen LogP contribution in [0.25, 0.3) is 0 Å². The molecule has 0 unspecified atom stereocenters. The predicted molar refractivity (Wildman–Crippen MR) is 87.0 cm³/mol. The Morgan fingerprint density at radius 3 is 2.71 bits per heavy atom. The first-order valence-electron chi connectivity index (χ1n) is 6.96. The third-order valence-electron chi connectivity index (χ3n) is 3.13. The monoisotopic (exact) mass is 346 g/mol. The van der Waals surface area contributed by atoms with Crippen molar-refractivity contribution in [3.8, 4) is 0 Å². The van der Waals surface area contributed by atoms with Crippen LogP contribution in [0.1, 0.15) is 5.56 Å². The van der Waals surface area contributed by atoms with Gasteiger partial charge in [0.1, 0.15) is 5.82 Å². The van der Waals surface area contributed by atoms with Gasteiger partial charge in [-0.1, -0.05) is 41.0 Å². The second kappa shape index (κ2) is 7.05. The van der Waals surface area contributed by atoms with Crippen molar-refractivity contribution in [2.75, 3.05) is 10.7 Å². The maximum atomic E-state index is 13.7. The Balaban J connectivity index is 1.71. The number of nitrogens with one attached hydrogen (secondary N) is 2. The molecule has 3 aromatic rings. The zero-order chi connectivity index (χ0) is 16.9. The fraction of sp³-hybridized carbons (Fsp3) is 0.0667. The quantitative estimate of drug-likeness (QED) is 0.741. The Morgan fingerprint density at radius 1 is 1.17 bits per heavy atom. The van der Waals surface area contributed by atoms with E-state index in [0.29, 0.717) is 0 Å². The molecule has 122 valence electrons. The van der Waals surface area contributed by atoms with Gasteiger partial charge in [-0.25, -0.2) is 9.82 Å². The third-order valence-corrected chi connectivity index (χ3v) is 3.48. The number of para-hydroxylation sites is 1. The maximum absolute atomic E-state index is 13.7. The summed E-state index contributed by atoms with van der Waals surface area (Å²) in [5.41, 5.74) is 3.33. The lowest BCUT2D eigenvalue weighted by molar-refractivity contribution is -0.116. The summed E-state index contributed by atoms with van der Waals surface area (Å²) < 4.78 is 13.7. The second-order valence-corrected chi connectivity index (χ2v) is 5.22. The number of tetrazole rings is 1. The standard InChI is InChI=1S/C15H12ClFN6O/c16-12-7-4-8-13(17)11(12)9-14(24)20-23-15(19-21-22-23)18-10-5-2-1-3-6-10/h1-8H,9H2,(H,20,24)(H,18,19,22). The maximum Gasteiger partial charge on any atom is 0.267 e. The molecular formula is C15H12ClFN6O. The molecule has 0 aliphatic carbocycles. The van der Waals surface area contributed by atoms with E-state index in [4.69, 9.17) is 11.6 Å². The van der Waals surface area contributed by atoms with Gasteiger partial charge in [0.15, 0.2) is 0 Å². The van der Waals surface area contributed by atoms with Crippen LogP contribution in [0.15, 0.2) is 48.5 Å². The molecule has 0 radical (unpaired) electrons. The highest BCUT2D eigenvalue weighted by atomic mass is 35.5. The molecule has 7 nitrogen and oxygen atoms in total. The van der Waals surface area contributed by atoms with Crippen LogP contribution in [0, 0.1) is 5.82 Å². The normalized spacial score (nSPS) is 10.4. The molecule has 9 heteroatoms. The Hall–Kier alpha value is -3.00. The largest absolute Gasteiger partial charge is 0.322 e. The van der Waals surface area contributed by atoms with E-state index in [9.17, 15) is 9.18 Å². The Kier molecular flexibility index (Phi) is 4.66. The molecule has 2 aromatic carbocycles. The van der Waals surface area contributed by atoms with Crippen molar-refractivity contribution in [3.05, 3.63) is 64.9 Å². The fourth-order valence-corrected chi connectivity index (χ4v) is 2.24. The Morgan fingerprint density at radius 2 is 1.96 bits per heavy atom. The topological polar surface area (TPSA) is 84.7 Å². The average molecular weight is 347 g/mol. The van der Waals surface area contributed by atoms with Gasteiger partial charge in [-0.2, -0.15) is 0 Å². The highest BCUT2D eigenvalue weighted by Gasteiger charge is 2.14. The van der Waals surface area contributed by atoms with Crippen molar-refractivity contribution in [2.24, 2.45) is 0 Å². The van der Waals surface area contributed by atoms with E-state index in [2.05, 4.69) is 26.3 Å². The summed E-state index contributed by atoms with van der Waals surface area (Å²) in [7, 11) is 0. The van der Waals surface area contributed by atoms with Crippen molar-refractivity contribution < 1.29 is 9.18 Å². The van der Waals surface area contributed by atoms with Crippen LogP contribution in [0.5, 0.6) is 0 Å². The fourth-order valence-electron chi connectivity index (χ4n) is 2.01. The van der Waals surface area contributed by atoms with Gasteiger partial charge in [-0.15, -0.1) is 4.79 Å². The second-order valence-electron chi connectivity index (χ2n) is 4.82. The molecule has 1 amide bonds. The lowest BCUT2D eigenvalue weighted by Crippen LogP contribution is -2.27. The van der Waals surface area contributed by atoms with Gasteiger partial charge in [0.05, 0.1) is 6.42 Å². The SMILES string of the molecule is O=C(Cc1c(F)cccc1Cl)Nn1nnnc1Nc1ccccc1. The molecule has 0 saturated heterocycles. The van der Waals surface area contributed by atoms with Crippen LogP contribution in [0.2, 0.25) is 5.02 Å². The molecule has 0 fully saturated rings. The Labute approximate surface area is 141 Å². The van der Waals surface area contributed by atoms with Crippen LogP contribution in [-0.2, 0) is 11.2 Å². The molecule has 1 heterocycles. The number of carbonyl (C=O) groups excluding carboxylic acids is 1. The lowest BCUT2D eigenvalue weighted by Gasteiger charge is -2.09. The minimum Gasteiger partial charge on any atom is -0.322 e. The summed E-state index contributed by atoms with van der Waals surface area (Å²) in [6.07, 6.45) is -0.240. The molecule has 3 rings (SSSR count). The Bertz CT molecular complexity index is 834. The highest BCUT2D eigenvalue weighted by Crippen LogP contribution is 2.19. The van der Waals surface area contributed by atoms with Crippen molar-refractivity contribution >= 4 is 29.1 Å². The molecule has 0 bridgehead atoms. The number of nitrogens with zero attached hydrogens (tertiary/aromatic N) is 4. The summed E-state index contributed by atoms with van der Waals surface area (Å²) in [6, 6.07) is 13.4. The van der Waals surface area contributed by atoms with E-state index in [-0.39, 0.29) is 23.0 Å². The van der Waals surface area contributed by atoms with Crippen LogP contribution in [-0.4, -0.2) is 26.2 Å². The first-order valence-corrected chi connectivity index (χ1v) is 7.34. The summed E-state index contributed by atoms with van der Waals surface area (Å²) in [5, 5.41) is 14.1. The van der Waals surface area contributed by atoms with E-state index in [0.717, 1.165) is 10.5 Å². The number of carbonyl (C=O) groups is 1. The number of benzene rings is 2. The zero-order valence-corrected chi connectivity index (χ0v) is 13.0. The molecular weight excluding hydrogens is 335 g/mol. The van der Waals surface area contributed by atoms with Crippen LogP contribution in [0.3, 0.4) is 0 Å². The van der Waals surface area contributed by atoms with E-state index in [1.807, 2.05) is 30.3 Å². The molecule has 0 aliphatic rings. The highest BCUT2D eigenvalue weighted by molar-refractivity contribution is 6.31. The van der Waals surface area contributed by atoms with Gasteiger partial charge < -0.3 is 5.32 Å². The molecule has 24 heavy (non-hydrogen) atoms. The molecule has 0 saturated carbocycles. The minimum absolute atomic E-state index is 0.113. The van der Waals surface area contributed by atoms with Crippen molar-refractivity contribution in [1.82, 2.24) is 20.3 Å². The van der Waals surface area contributed by atoms with Crippen molar-refractivity contribution in [2.45, 2.75) is 6.42 Å². The number of halogens is 2. The molecule has 0 spiro atoms. The number of rotatable bonds is 5. The van der Waals surface area contributed by atoms with E-state index in [1.165, 1.54) is 18.2 Å². The molecule has 0 aliphatic heterocycles. The molecule has 0 atom stereocenters.